The van der Waals surface area contributed by atoms with Crippen LogP contribution in [0.2, 0.25) is 17.3 Å². The molecule has 4 aromatic heterocycles. The first kappa shape index (κ1) is 42.5. The molecule has 0 amide bonds. The first-order valence-corrected chi connectivity index (χ1v) is 30.3. The van der Waals surface area contributed by atoms with Crippen molar-refractivity contribution in [3.63, 3.8) is 0 Å². The monoisotopic (exact) mass is 1120 g/mol. The van der Waals surface area contributed by atoms with Gasteiger partial charge in [0.05, 0.1) is 22.4 Å². The maximum atomic E-state index is 8.44. The van der Waals surface area contributed by atoms with Crippen molar-refractivity contribution >= 4 is 110 Å². The maximum absolute atomic E-state index is 8.44. The first-order valence-electron chi connectivity index (χ1n) is 23.5. The van der Waals surface area contributed by atoms with Gasteiger partial charge in [-0.25, -0.2) is 0 Å². The molecule has 0 aliphatic heterocycles. The quantitative estimate of drug-likeness (QED) is 0.100. The third-order valence-electron chi connectivity index (χ3n) is 13.3. The summed E-state index contributed by atoms with van der Waals surface area (Å²) >= 11 is -2.03. The Morgan fingerprint density at radius 2 is 1.22 bits per heavy atom. The van der Waals surface area contributed by atoms with Gasteiger partial charge in [-0.2, -0.15) is 0 Å². The van der Waals surface area contributed by atoms with E-state index in [1.54, 1.807) is 0 Å². The molecule has 0 bridgehead atoms. The number of rotatable bonds is 4. The number of furan rings is 1. The molecule has 0 saturated heterocycles. The van der Waals surface area contributed by atoms with Crippen molar-refractivity contribution in [1.82, 2.24) is 14.4 Å². The Bertz CT molecular complexity index is 4180. The Kier molecular flexibility index (Phi) is 10.8. The third-order valence-corrected chi connectivity index (χ3v) is 17.5. The van der Waals surface area contributed by atoms with Crippen LogP contribution in [0.4, 0.5) is 0 Å². The summed E-state index contributed by atoms with van der Waals surface area (Å²) in [5.74, 6) is 7.25. The number of hydrogen-bond acceptors (Lipinski definition) is 3. The van der Waals surface area contributed by atoms with E-state index in [4.69, 9.17) is 10.8 Å². The number of para-hydroxylation sites is 2. The molecule has 0 fully saturated rings. The molecule has 4 nitrogen and oxygen atoms in total. The molecule has 1 radical (unpaired) electrons. The van der Waals surface area contributed by atoms with E-state index in [0.717, 1.165) is 77.5 Å². The third kappa shape index (κ3) is 7.32. The molecule has 68 heavy (non-hydrogen) atoms. The summed E-state index contributed by atoms with van der Waals surface area (Å²) in [4.78, 5) is 10.0. The number of nitrogens with zero attached hydrogens (tertiary/aromatic N) is 3. The van der Waals surface area contributed by atoms with Crippen molar-refractivity contribution in [1.29, 1.82) is 0 Å². The Balaban J connectivity index is 0.000000210. The van der Waals surface area contributed by atoms with Gasteiger partial charge in [0.2, 0.25) is 0 Å². The Hall–Kier alpha value is -6.89. The summed E-state index contributed by atoms with van der Waals surface area (Å²) in [6.07, 6.45) is 2.00. The summed E-state index contributed by atoms with van der Waals surface area (Å²) in [6, 6.07) is 70.9. The van der Waals surface area contributed by atoms with E-state index in [-0.39, 0.29) is 20.1 Å². The van der Waals surface area contributed by atoms with Gasteiger partial charge in [-0.3, -0.25) is 4.98 Å². The second kappa shape index (κ2) is 17.3. The fourth-order valence-electron chi connectivity index (χ4n) is 10.1. The molecule has 331 valence electrons. The van der Waals surface area contributed by atoms with Crippen LogP contribution in [-0.2, 0) is 20.1 Å². The molecule has 0 unspecified atom stereocenters. The van der Waals surface area contributed by atoms with Crippen molar-refractivity contribution < 1.29 is 25.9 Å². The van der Waals surface area contributed by atoms with Crippen LogP contribution in [0.1, 0.15) is 26.7 Å². The predicted molar refractivity (Wildman–Crippen MR) is 286 cm³/mol. The summed E-state index contributed by atoms with van der Waals surface area (Å²) in [5.41, 5.74) is 8.58. The fraction of sp³-hybridized carbons (Fsp3) is 0.0968. The molecule has 0 saturated carbocycles. The number of pyridine rings is 1. The van der Waals surface area contributed by atoms with Gasteiger partial charge in [-0.15, -0.1) is 18.2 Å². The molecule has 9 aromatic carbocycles. The largest absolute Gasteiger partial charge is 0.501 e. The second-order valence-electron chi connectivity index (χ2n) is 18.7. The topological polar surface area (TPSA) is 43.3 Å². The molecule has 0 spiro atoms. The van der Waals surface area contributed by atoms with Crippen molar-refractivity contribution in [3.8, 4) is 22.6 Å². The van der Waals surface area contributed by atoms with Gasteiger partial charge >= 0.3 is 120 Å². The summed E-state index contributed by atoms with van der Waals surface area (Å²) in [7, 11) is 0. The van der Waals surface area contributed by atoms with E-state index in [1.807, 2.05) is 50.4 Å². The fourth-order valence-corrected chi connectivity index (χ4v) is 13.4. The Morgan fingerprint density at radius 1 is 0.574 bits per heavy atom. The van der Waals surface area contributed by atoms with Crippen LogP contribution in [0.5, 0.6) is 0 Å². The Labute approximate surface area is 413 Å². The van der Waals surface area contributed by atoms with E-state index >= 15 is 0 Å². The van der Waals surface area contributed by atoms with Gasteiger partial charge in [-0.05, 0) is 67.4 Å². The molecule has 0 aliphatic carbocycles. The Morgan fingerprint density at radius 3 is 1.94 bits per heavy atom. The standard InChI is InChI=1S/C45H25N2O.C17H22GeN.Ir/c1-2-12-29-27(11-1)23-24-28-25-39-36-19-9-20-37(44(36)48-42(39)26-38(28)29)45-46-40-21-10-18-35-33-16-6-4-14-31(33)30-13-3-5-15-32(30)34-17-7-8-22-41(34)47(45)43(35)40;1-13(2)15-11-17(14-9-7-6-8-10-14)19-12-16(15)18(3,4)5;/h1-19,21-26H;6-9,11-13H,1-5H3;/q2*-1;/i;13D;. The molecule has 0 aliphatic rings. The van der Waals surface area contributed by atoms with Crippen LogP contribution < -0.4 is 4.40 Å². The minimum absolute atomic E-state index is 0. The molecule has 4 heterocycles. The van der Waals surface area contributed by atoms with Gasteiger partial charge in [0.15, 0.2) is 0 Å². The van der Waals surface area contributed by atoms with Crippen molar-refractivity contribution in [2.24, 2.45) is 0 Å². The smallest absolute Gasteiger partial charge is 0.121 e. The van der Waals surface area contributed by atoms with Crippen LogP contribution in [-0.4, -0.2) is 27.6 Å². The molecular formula is C62H47GeIrN3O-2. The average molecular weight is 1120 g/mol. The SMILES string of the molecule is [2H]C(C)(C)c1cc(-c2[c-]cccc2)nc[c]1[Ge]([CH3])([CH3])[CH3].[Ir].[c-]1ccc2c(oc3cc4c(ccc5ccccc54)cc32)c1-c1nc2cccc3c4ccccc4c4ccccc4c4ccccc4n1c23. The van der Waals surface area contributed by atoms with Crippen LogP contribution in [0, 0.1) is 12.1 Å². The van der Waals surface area contributed by atoms with Crippen LogP contribution >= 0.6 is 0 Å². The van der Waals surface area contributed by atoms with Crippen molar-refractivity contribution in [2.75, 3.05) is 0 Å². The molecule has 0 atom stereocenters. The maximum Gasteiger partial charge on any atom is 0.121 e. The molecule has 6 heteroatoms. The van der Waals surface area contributed by atoms with E-state index in [9.17, 15) is 0 Å². The van der Waals surface area contributed by atoms with Gasteiger partial charge in [0.1, 0.15) is 5.58 Å². The average Bonchev–Trinajstić information content (AvgIpc) is 3.94. The zero-order chi connectivity index (χ0) is 46.3. The van der Waals surface area contributed by atoms with Crippen LogP contribution in [0.25, 0.3) is 115 Å². The normalized spacial score (nSPS) is 12.3. The molecule has 0 N–H and O–H groups in total. The number of benzene rings is 9. The zero-order valence-electron chi connectivity index (χ0n) is 39.5. The van der Waals surface area contributed by atoms with E-state index in [0.29, 0.717) is 0 Å². The second-order valence-corrected chi connectivity index (χ2v) is 29.3. The van der Waals surface area contributed by atoms with E-state index in [2.05, 4.69) is 190 Å². The predicted octanol–water partition coefficient (Wildman–Crippen LogP) is 16.4. The summed E-state index contributed by atoms with van der Waals surface area (Å²) in [6.45, 7) is 3.91. The van der Waals surface area contributed by atoms with Gasteiger partial charge < -0.3 is 8.82 Å². The van der Waals surface area contributed by atoms with Crippen molar-refractivity contribution in [2.45, 2.75) is 37.0 Å². The minimum atomic E-state index is -2.03. The summed E-state index contributed by atoms with van der Waals surface area (Å²) < 4.78 is 18.9. The number of imidazole rings is 1. The molecular weight excluding hydrogens is 1070 g/mol. The zero-order valence-corrected chi connectivity index (χ0v) is 43.0. The number of aromatic nitrogens is 3. The van der Waals surface area contributed by atoms with Gasteiger partial charge in [0.25, 0.3) is 0 Å². The van der Waals surface area contributed by atoms with Crippen LogP contribution in [0.15, 0.2) is 193 Å². The molecule has 13 aromatic rings. The number of fused-ring (bicyclic) bond motifs is 13. The number of hydrogen-bond donors (Lipinski definition) is 0. The van der Waals surface area contributed by atoms with Gasteiger partial charge in [0, 0.05) is 41.8 Å². The van der Waals surface area contributed by atoms with Gasteiger partial charge in [-0.1, -0.05) is 126 Å². The first-order chi connectivity index (χ1) is 33.0. The van der Waals surface area contributed by atoms with Crippen LogP contribution in [0.3, 0.4) is 0 Å². The van der Waals surface area contributed by atoms with E-state index < -0.39 is 19.2 Å². The summed E-state index contributed by atoms with van der Waals surface area (Å²) in [5, 5.41) is 14.0. The van der Waals surface area contributed by atoms with E-state index in [1.165, 1.54) is 47.5 Å². The van der Waals surface area contributed by atoms with Crippen molar-refractivity contribution in [3.05, 3.63) is 206 Å². The molecule has 13 rings (SSSR count). The minimum Gasteiger partial charge on any atom is -0.501 e.